The van der Waals surface area contributed by atoms with Crippen molar-refractivity contribution in [1.29, 1.82) is 0 Å². The molecule has 35 heavy (non-hydrogen) atoms. The molecule has 0 saturated carbocycles. The van der Waals surface area contributed by atoms with Gasteiger partial charge in [0.2, 0.25) is 15.9 Å². The lowest BCUT2D eigenvalue weighted by atomic mass is 10.2. The quantitative estimate of drug-likeness (QED) is 0.440. The van der Waals surface area contributed by atoms with Gasteiger partial charge < -0.3 is 9.88 Å². The smallest absolute Gasteiger partial charge is 0.279 e. The second kappa shape index (κ2) is 11.4. The summed E-state index contributed by atoms with van der Waals surface area (Å²) in [6.07, 6.45) is 6.96. The minimum absolute atomic E-state index is 0.144. The van der Waals surface area contributed by atoms with Crippen molar-refractivity contribution in [2.45, 2.75) is 45.1 Å². The number of rotatable bonds is 9. The maximum Gasteiger partial charge on any atom is 0.279 e. The number of hydrogen-bond donors (Lipinski definition) is 1. The van der Waals surface area contributed by atoms with Crippen LogP contribution in [0.15, 0.2) is 52.4 Å². The van der Waals surface area contributed by atoms with Crippen molar-refractivity contribution in [3.05, 3.63) is 52.8 Å². The number of terminal acetylenes is 1. The molecule has 10 heteroatoms. The van der Waals surface area contributed by atoms with Crippen LogP contribution in [0.4, 0.5) is 5.69 Å². The van der Waals surface area contributed by atoms with E-state index in [2.05, 4.69) is 16.2 Å². The minimum atomic E-state index is -3.63. The number of anilines is 1. The van der Waals surface area contributed by atoms with Gasteiger partial charge in [-0.15, -0.1) is 6.42 Å². The van der Waals surface area contributed by atoms with Gasteiger partial charge in [0, 0.05) is 31.3 Å². The van der Waals surface area contributed by atoms with Crippen LogP contribution in [0.3, 0.4) is 0 Å². The fraction of sp³-hybridized carbons (Fsp3) is 0.320. The van der Waals surface area contributed by atoms with Gasteiger partial charge in [-0.25, -0.2) is 8.42 Å². The Morgan fingerprint density at radius 1 is 1.11 bits per heavy atom. The Balaban J connectivity index is 1.96. The maximum absolute atomic E-state index is 13.0. The minimum Gasteiger partial charge on any atom is -0.326 e. The number of thiazole rings is 1. The summed E-state index contributed by atoms with van der Waals surface area (Å²) in [5, 5.41) is 2.73. The number of fused-ring (bicyclic) bond motifs is 1. The van der Waals surface area contributed by atoms with Gasteiger partial charge in [-0.1, -0.05) is 31.1 Å². The Morgan fingerprint density at radius 3 is 2.34 bits per heavy atom. The van der Waals surface area contributed by atoms with Crippen LogP contribution in [0.1, 0.15) is 44.0 Å². The molecule has 1 aromatic heterocycles. The van der Waals surface area contributed by atoms with E-state index >= 15 is 0 Å². The predicted molar refractivity (Wildman–Crippen MR) is 139 cm³/mol. The lowest BCUT2D eigenvalue weighted by Gasteiger charge is -2.21. The molecular weight excluding hydrogens is 484 g/mol. The molecule has 1 heterocycles. The Hall–Kier alpha value is -3.26. The number of nitrogens with zero attached hydrogens (tertiary/aromatic N) is 3. The highest BCUT2D eigenvalue weighted by Crippen LogP contribution is 2.22. The van der Waals surface area contributed by atoms with E-state index in [1.807, 2.05) is 19.9 Å². The third kappa shape index (κ3) is 6.06. The molecule has 2 amide bonds. The Morgan fingerprint density at radius 2 is 1.77 bits per heavy atom. The molecule has 0 atom stereocenters. The normalized spacial score (nSPS) is 12.1. The number of aromatic nitrogens is 1. The average molecular weight is 513 g/mol. The summed E-state index contributed by atoms with van der Waals surface area (Å²) in [6.45, 7) is 6.39. The first-order valence-corrected chi connectivity index (χ1v) is 13.5. The number of benzene rings is 2. The van der Waals surface area contributed by atoms with E-state index in [4.69, 9.17) is 6.42 Å². The standard InChI is InChI=1S/C25H28N4O4S2/c1-5-14-28(15-6-2)35(32,33)21-11-8-19(9-12-21)24(31)27-25-29(16-7-3)22-13-10-20(26-18(4)30)17-23(22)34-25/h3,8-13,17H,5-6,14-16H2,1-2,4H3,(H,26,30). The largest absolute Gasteiger partial charge is 0.326 e. The summed E-state index contributed by atoms with van der Waals surface area (Å²) < 4.78 is 30.0. The summed E-state index contributed by atoms with van der Waals surface area (Å²) in [5.41, 5.74) is 1.70. The molecule has 8 nitrogen and oxygen atoms in total. The monoisotopic (exact) mass is 512 g/mol. The summed E-state index contributed by atoms with van der Waals surface area (Å²) in [5.74, 6) is 1.88. The second-order valence-corrected chi connectivity index (χ2v) is 10.8. The second-order valence-electron chi connectivity index (χ2n) is 7.88. The summed E-state index contributed by atoms with van der Waals surface area (Å²) in [4.78, 5) is 29.1. The van der Waals surface area contributed by atoms with Crippen molar-refractivity contribution in [1.82, 2.24) is 8.87 Å². The van der Waals surface area contributed by atoms with Crippen LogP contribution < -0.4 is 10.1 Å². The average Bonchev–Trinajstić information content (AvgIpc) is 3.15. The molecule has 0 spiro atoms. The van der Waals surface area contributed by atoms with E-state index in [1.165, 1.54) is 46.8 Å². The first-order chi connectivity index (χ1) is 16.7. The summed E-state index contributed by atoms with van der Waals surface area (Å²) in [6, 6.07) is 11.2. The van der Waals surface area contributed by atoms with Gasteiger partial charge in [0.25, 0.3) is 5.91 Å². The van der Waals surface area contributed by atoms with Gasteiger partial charge in [0.15, 0.2) is 4.80 Å². The first kappa shape index (κ1) is 26.3. The molecule has 0 saturated heterocycles. The van der Waals surface area contributed by atoms with Crippen LogP contribution in [0.25, 0.3) is 10.2 Å². The third-order valence-corrected chi connectivity index (χ3v) is 8.09. The van der Waals surface area contributed by atoms with Crippen LogP contribution >= 0.6 is 11.3 Å². The highest BCUT2D eigenvalue weighted by molar-refractivity contribution is 7.89. The molecule has 2 aromatic carbocycles. The van der Waals surface area contributed by atoms with Crippen molar-refractivity contribution in [3.63, 3.8) is 0 Å². The lowest BCUT2D eigenvalue weighted by molar-refractivity contribution is -0.114. The number of amides is 2. The molecule has 0 radical (unpaired) electrons. The van der Waals surface area contributed by atoms with E-state index in [9.17, 15) is 18.0 Å². The number of sulfonamides is 1. The van der Waals surface area contributed by atoms with Crippen molar-refractivity contribution in [2.75, 3.05) is 18.4 Å². The van der Waals surface area contributed by atoms with Gasteiger partial charge in [0.05, 0.1) is 21.7 Å². The SMILES string of the molecule is C#CCn1c(=NC(=O)c2ccc(S(=O)(=O)N(CCC)CCC)cc2)sc2cc(NC(C)=O)ccc21. The highest BCUT2D eigenvalue weighted by Gasteiger charge is 2.23. The summed E-state index contributed by atoms with van der Waals surface area (Å²) in [7, 11) is -3.63. The zero-order chi connectivity index (χ0) is 25.6. The maximum atomic E-state index is 13.0. The zero-order valence-corrected chi connectivity index (χ0v) is 21.6. The lowest BCUT2D eigenvalue weighted by Crippen LogP contribution is -2.32. The topological polar surface area (TPSA) is 101 Å². The Labute approximate surface area is 209 Å². The number of hydrogen-bond acceptors (Lipinski definition) is 5. The molecular formula is C25H28N4O4S2. The van der Waals surface area contributed by atoms with Crippen molar-refractivity contribution in [2.24, 2.45) is 4.99 Å². The number of carbonyl (C=O) groups is 2. The predicted octanol–water partition coefficient (Wildman–Crippen LogP) is 3.85. The fourth-order valence-corrected chi connectivity index (χ4v) is 6.30. The van der Waals surface area contributed by atoms with E-state index < -0.39 is 15.9 Å². The van der Waals surface area contributed by atoms with Crippen LogP contribution in [0.5, 0.6) is 0 Å². The Bertz CT molecular complexity index is 1440. The third-order valence-electron chi connectivity index (χ3n) is 5.13. The highest BCUT2D eigenvalue weighted by atomic mass is 32.2. The molecule has 0 aliphatic carbocycles. The molecule has 0 fully saturated rings. The molecule has 0 bridgehead atoms. The number of carbonyl (C=O) groups excluding carboxylic acids is 2. The van der Waals surface area contributed by atoms with Crippen LogP contribution in [-0.2, 0) is 21.4 Å². The van der Waals surface area contributed by atoms with Gasteiger partial charge in [-0.2, -0.15) is 9.30 Å². The molecule has 1 N–H and O–H groups in total. The van der Waals surface area contributed by atoms with E-state index in [0.29, 0.717) is 36.4 Å². The van der Waals surface area contributed by atoms with Crippen molar-refractivity contribution in [3.8, 4) is 12.3 Å². The summed E-state index contributed by atoms with van der Waals surface area (Å²) >= 11 is 1.28. The molecule has 0 aliphatic rings. The molecule has 3 aromatic rings. The first-order valence-electron chi connectivity index (χ1n) is 11.2. The molecule has 0 unspecified atom stereocenters. The van der Waals surface area contributed by atoms with E-state index in [0.717, 1.165) is 10.2 Å². The van der Waals surface area contributed by atoms with Crippen LogP contribution in [0, 0.1) is 12.3 Å². The van der Waals surface area contributed by atoms with Gasteiger partial charge in [-0.05, 0) is 55.3 Å². The van der Waals surface area contributed by atoms with Crippen molar-refractivity contribution < 1.29 is 18.0 Å². The molecule has 184 valence electrons. The van der Waals surface area contributed by atoms with Gasteiger partial charge in [-0.3, -0.25) is 9.59 Å². The molecule has 0 aliphatic heterocycles. The van der Waals surface area contributed by atoms with Gasteiger partial charge in [0.1, 0.15) is 0 Å². The van der Waals surface area contributed by atoms with E-state index in [1.54, 1.807) is 16.7 Å². The molecule has 3 rings (SSSR count). The fourth-order valence-electron chi connectivity index (χ4n) is 3.60. The number of nitrogens with one attached hydrogen (secondary N) is 1. The Kier molecular flexibility index (Phi) is 8.62. The van der Waals surface area contributed by atoms with Crippen LogP contribution in [-0.4, -0.2) is 42.2 Å². The van der Waals surface area contributed by atoms with Gasteiger partial charge >= 0.3 is 0 Å². The van der Waals surface area contributed by atoms with E-state index in [-0.39, 0.29) is 22.9 Å². The van der Waals surface area contributed by atoms with Crippen LogP contribution in [0.2, 0.25) is 0 Å². The van der Waals surface area contributed by atoms with Crippen molar-refractivity contribution >= 4 is 49.1 Å². The zero-order valence-electron chi connectivity index (χ0n) is 19.9.